The molecule has 0 saturated heterocycles. The van der Waals surface area contributed by atoms with Crippen molar-refractivity contribution in [3.05, 3.63) is 48.0 Å². The summed E-state index contributed by atoms with van der Waals surface area (Å²) in [7, 11) is 0. The molecule has 4 rings (SSSR count). The SMILES string of the molecule is C/C(=N\NC(=O)C1CC12CCC2)c1ccc2ccccc2c1. The van der Waals surface area contributed by atoms with Crippen molar-refractivity contribution in [2.45, 2.75) is 32.6 Å². The lowest BCUT2D eigenvalue weighted by Gasteiger charge is -2.25. The molecule has 1 atom stereocenters. The highest BCUT2D eigenvalue weighted by Gasteiger charge is 2.60. The molecule has 0 radical (unpaired) electrons. The Morgan fingerprint density at radius 2 is 1.95 bits per heavy atom. The van der Waals surface area contributed by atoms with Crippen molar-refractivity contribution >= 4 is 22.4 Å². The van der Waals surface area contributed by atoms with E-state index in [1.165, 1.54) is 30.0 Å². The predicted octanol–water partition coefficient (Wildman–Crippen LogP) is 3.87. The Kier molecular flexibility index (Phi) is 3.03. The van der Waals surface area contributed by atoms with Gasteiger partial charge in [-0.3, -0.25) is 4.79 Å². The normalized spacial score (nSPS) is 22.4. The Morgan fingerprint density at radius 3 is 2.64 bits per heavy atom. The third-order valence-corrected chi connectivity index (χ3v) is 5.36. The zero-order valence-corrected chi connectivity index (χ0v) is 12.8. The van der Waals surface area contributed by atoms with Gasteiger partial charge in [0.25, 0.3) is 0 Å². The van der Waals surface area contributed by atoms with Crippen molar-refractivity contribution in [1.29, 1.82) is 0 Å². The highest BCUT2D eigenvalue weighted by molar-refractivity contribution is 6.02. The second kappa shape index (κ2) is 4.94. The minimum absolute atomic E-state index is 0.0971. The summed E-state index contributed by atoms with van der Waals surface area (Å²) in [5.74, 6) is 0.300. The number of carbonyl (C=O) groups excluding carboxylic acids is 1. The molecule has 3 heteroatoms. The molecule has 0 aliphatic heterocycles. The van der Waals surface area contributed by atoms with Gasteiger partial charge in [-0.15, -0.1) is 0 Å². The van der Waals surface area contributed by atoms with E-state index in [2.05, 4.69) is 40.9 Å². The topological polar surface area (TPSA) is 41.5 Å². The third kappa shape index (κ3) is 2.21. The lowest BCUT2D eigenvalue weighted by molar-refractivity contribution is -0.123. The van der Waals surface area contributed by atoms with Crippen LogP contribution in [-0.4, -0.2) is 11.6 Å². The molecule has 2 fully saturated rings. The van der Waals surface area contributed by atoms with Gasteiger partial charge in [0.15, 0.2) is 0 Å². The molecule has 2 saturated carbocycles. The van der Waals surface area contributed by atoms with E-state index in [1.54, 1.807) is 0 Å². The zero-order valence-electron chi connectivity index (χ0n) is 12.8. The molecule has 3 nitrogen and oxygen atoms in total. The Morgan fingerprint density at radius 1 is 1.18 bits per heavy atom. The standard InChI is InChI=1S/C19H20N2O/c1-13(15-8-7-14-5-2-3-6-16(14)11-15)20-21-18(22)17-12-19(17)9-4-10-19/h2-3,5-8,11,17H,4,9-10,12H2,1H3,(H,21,22)/b20-13+. The van der Waals surface area contributed by atoms with Crippen LogP contribution in [0.2, 0.25) is 0 Å². The summed E-state index contributed by atoms with van der Waals surface area (Å²) < 4.78 is 0. The number of nitrogens with one attached hydrogen (secondary N) is 1. The van der Waals surface area contributed by atoms with Gasteiger partial charge in [0.05, 0.1) is 5.71 Å². The van der Waals surface area contributed by atoms with Gasteiger partial charge in [-0.25, -0.2) is 5.43 Å². The fourth-order valence-electron chi connectivity index (χ4n) is 3.60. The molecule has 0 aromatic heterocycles. The Balaban J connectivity index is 1.47. The van der Waals surface area contributed by atoms with Crippen molar-refractivity contribution in [2.75, 3.05) is 0 Å². The number of hydrogen-bond donors (Lipinski definition) is 1. The van der Waals surface area contributed by atoms with Crippen LogP contribution in [0.4, 0.5) is 0 Å². The molecule has 1 amide bonds. The zero-order chi connectivity index (χ0) is 15.2. The van der Waals surface area contributed by atoms with Gasteiger partial charge < -0.3 is 0 Å². The van der Waals surface area contributed by atoms with Crippen LogP contribution in [0.25, 0.3) is 10.8 Å². The molecule has 22 heavy (non-hydrogen) atoms. The summed E-state index contributed by atoms with van der Waals surface area (Å²) in [5, 5.41) is 6.71. The summed E-state index contributed by atoms with van der Waals surface area (Å²) in [6.07, 6.45) is 4.78. The number of hydrogen-bond acceptors (Lipinski definition) is 2. The molecule has 2 aliphatic carbocycles. The third-order valence-electron chi connectivity index (χ3n) is 5.36. The second-order valence-electron chi connectivity index (χ2n) is 6.71. The van der Waals surface area contributed by atoms with E-state index in [-0.39, 0.29) is 11.8 Å². The van der Waals surface area contributed by atoms with Crippen LogP contribution in [0.1, 0.15) is 38.2 Å². The number of fused-ring (bicyclic) bond motifs is 1. The highest BCUT2D eigenvalue weighted by Crippen LogP contribution is 2.65. The lowest BCUT2D eigenvalue weighted by Crippen LogP contribution is -2.26. The maximum absolute atomic E-state index is 12.1. The molecule has 1 spiro atoms. The van der Waals surface area contributed by atoms with E-state index in [9.17, 15) is 4.79 Å². The first-order valence-electron chi connectivity index (χ1n) is 8.01. The molecular weight excluding hydrogens is 272 g/mol. The van der Waals surface area contributed by atoms with Gasteiger partial charge in [0.1, 0.15) is 0 Å². The molecular formula is C19H20N2O. The molecule has 0 heterocycles. The number of benzene rings is 2. The summed E-state index contributed by atoms with van der Waals surface area (Å²) in [4.78, 5) is 12.1. The molecule has 2 aromatic rings. The first-order chi connectivity index (χ1) is 10.7. The van der Waals surface area contributed by atoms with Crippen LogP contribution in [0.15, 0.2) is 47.6 Å². The monoisotopic (exact) mass is 292 g/mol. The van der Waals surface area contributed by atoms with Crippen molar-refractivity contribution in [1.82, 2.24) is 5.43 Å². The fourth-order valence-corrected chi connectivity index (χ4v) is 3.60. The Hall–Kier alpha value is -2.16. The number of hydrazone groups is 1. The number of nitrogens with zero attached hydrogens (tertiary/aromatic N) is 1. The molecule has 0 bridgehead atoms. The van der Waals surface area contributed by atoms with E-state index in [0.717, 1.165) is 17.7 Å². The predicted molar refractivity (Wildman–Crippen MR) is 88.7 cm³/mol. The quantitative estimate of drug-likeness (QED) is 0.677. The van der Waals surface area contributed by atoms with Gasteiger partial charge >= 0.3 is 0 Å². The lowest BCUT2D eigenvalue weighted by atomic mass is 9.80. The van der Waals surface area contributed by atoms with Gasteiger partial charge in [-0.05, 0) is 54.0 Å². The van der Waals surface area contributed by atoms with Gasteiger partial charge in [-0.2, -0.15) is 5.10 Å². The Labute approximate surface area is 130 Å². The maximum atomic E-state index is 12.1. The average molecular weight is 292 g/mol. The smallest absolute Gasteiger partial charge is 0.243 e. The number of carbonyl (C=O) groups is 1. The van der Waals surface area contributed by atoms with Crippen LogP contribution in [0.5, 0.6) is 0 Å². The average Bonchev–Trinajstić information content (AvgIpc) is 3.28. The first-order valence-corrected chi connectivity index (χ1v) is 8.01. The summed E-state index contributed by atoms with van der Waals surface area (Å²) in [6.45, 7) is 1.94. The van der Waals surface area contributed by atoms with E-state index >= 15 is 0 Å². The van der Waals surface area contributed by atoms with Crippen molar-refractivity contribution in [3.8, 4) is 0 Å². The van der Waals surface area contributed by atoms with Crippen LogP contribution in [0, 0.1) is 11.3 Å². The molecule has 2 aromatic carbocycles. The van der Waals surface area contributed by atoms with E-state index < -0.39 is 0 Å². The van der Waals surface area contributed by atoms with Crippen LogP contribution >= 0.6 is 0 Å². The minimum atomic E-state index is 0.0971. The van der Waals surface area contributed by atoms with Crippen LogP contribution < -0.4 is 5.43 Å². The summed E-state index contributed by atoms with van der Waals surface area (Å²) >= 11 is 0. The van der Waals surface area contributed by atoms with E-state index in [0.29, 0.717) is 5.41 Å². The van der Waals surface area contributed by atoms with Crippen molar-refractivity contribution < 1.29 is 4.79 Å². The summed E-state index contributed by atoms with van der Waals surface area (Å²) in [6, 6.07) is 14.5. The van der Waals surface area contributed by atoms with Gasteiger partial charge in [-0.1, -0.05) is 42.8 Å². The second-order valence-corrected chi connectivity index (χ2v) is 6.71. The highest BCUT2D eigenvalue weighted by atomic mass is 16.2. The maximum Gasteiger partial charge on any atom is 0.243 e. The Bertz CT molecular complexity index is 774. The minimum Gasteiger partial charge on any atom is -0.273 e. The molecule has 1 N–H and O–H groups in total. The van der Waals surface area contributed by atoms with Gasteiger partial charge in [0.2, 0.25) is 5.91 Å². The number of amides is 1. The summed E-state index contributed by atoms with van der Waals surface area (Å²) in [5.41, 5.74) is 5.02. The molecule has 1 unspecified atom stereocenters. The fraction of sp³-hybridized carbons (Fsp3) is 0.368. The number of rotatable bonds is 3. The van der Waals surface area contributed by atoms with Crippen LogP contribution in [0.3, 0.4) is 0 Å². The van der Waals surface area contributed by atoms with Crippen molar-refractivity contribution in [2.24, 2.45) is 16.4 Å². The van der Waals surface area contributed by atoms with E-state index in [4.69, 9.17) is 0 Å². The van der Waals surface area contributed by atoms with Crippen molar-refractivity contribution in [3.63, 3.8) is 0 Å². The van der Waals surface area contributed by atoms with Gasteiger partial charge in [0, 0.05) is 5.92 Å². The molecule has 112 valence electrons. The molecule has 2 aliphatic rings. The van der Waals surface area contributed by atoms with E-state index in [1.807, 2.05) is 19.1 Å². The largest absolute Gasteiger partial charge is 0.273 e. The van der Waals surface area contributed by atoms with Crippen LogP contribution in [-0.2, 0) is 4.79 Å². The first kappa shape index (κ1) is 13.5.